The summed E-state index contributed by atoms with van der Waals surface area (Å²) in [5.74, 6) is 2.37. The van der Waals surface area contributed by atoms with Crippen molar-refractivity contribution in [2.45, 2.75) is 19.8 Å². The predicted molar refractivity (Wildman–Crippen MR) is 106 cm³/mol. The van der Waals surface area contributed by atoms with Crippen LogP contribution in [0, 0.1) is 5.92 Å². The highest BCUT2D eigenvalue weighted by Crippen LogP contribution is 2.29. The highest BCUT2D eigenvalue weighted by molar-refractivity contribution is 6.30. The fourth-order valence-corrected chi connectivity index (χ4v) is 3.51. The van der Waals surface area contributed by atoms with E-state index in [0.29, 0.717) is 11.7 Å². The molecule has 0 N–H and O–H groups in total. The van der Waals surface area contributed by atoms with Crippen LogP contribution in [-0.2, 0) is 0 Å². The molecule has 0 bridgehead atoms. The first-order valence-corrected chi connectivity index (χ1v) is 9.37. The molecule has 1 fully saturated rings. The van der Waals surface area contributed by atoms with E-state index in [-0.39, 0.29) is 0 Å². The molecule has 3 heterocycles. The highest BCUT2D eigenvalue weighted by Gasteiger charge is 2.19. The van der Waals surface area contributed by atoms with Crippen LogP contribution in [0.5, 0.6) is 0 Å². The molecule has 4 nitrogen and oxygen atoms in total. The van der Waals surface area contributed by atoms with Crippen LogP contribution in [0.4, 0.5) is 5.82 Å². The third-order valence-corrected chi connectivity index (χ3v) is 5.01. The van der Waals surface area contributed by atoms with Gasteiger partial charge in [0, 0.05) is 47.7 Å². The van der Waals surface area contributed by atoms with Crippen molar-refractivity contribution in [1.29, 1.82) is 0 Å². The van der Waals surface area contributed by atoms with E-state index in [2.05, 4.69) is 22.9 Å². The lowest BCUT2D eigenvalue weighted by Crippen LogP contribution is -2.35. The first-order chi connectivity index (χ1) is 12.7. The summed E-state index contributed by atoms with van der Waals surface area (Å²) in [5.41, 5.74) is 2.87. The van der Waals surface area contributed by atoms with Crippen LogP contribution in [0.3, 0.4) is 0 Å². The smallest absolute Gasteiger partial charge is 0.163 e. The number of rotatable bonds is 3. The summed E-state index contributed by atoms with van der Waals surface area (Å²) < 4.78 is 0. The van der Waals surface area contributed by atoms with Crippen LogP contribution in [0.15, 0.2) is 54.9 Å². The van der Waals surface area contributed by atoms with E-state index in [1.807, 2.05) is 42.6 Å². The molecular weight excluding hydrogens is 344 g/mol. The third-order valence-electron chi connectivity index (χ3n) is 4.75. The second-order valence-corrected chi connectivity index (χ2v) is 7.31. The van der Waals surface area contributed by atoms with Gasteiger partial charge in [0.2, 0.25) is 0 Å². The predicted octanol–water partition coefficient (Wildman–Crippen LogP) is 5.10. The van der Waals surface area contributed by atoms with Gasteiger partial charge in [0.1, 0.15) is 5.82 Å². The average Bonchev–Trinajstić information content (AvgIpc) is 2.69. The molecule has 4 rings (SSSR count). The highest BCUT2D eigenvalue weighted by atomic mass is 35.5. The molecule has 0 saturated carbocycles. The third kappa shape index (κ3) is 3.70. The Morgan fingerprint density at radius 1 is 1.08 bits per heavy atom. The standard InChI is InChI=1S/C21H21ClN4/c1-15-4-3-11-26(14-15)20-12-19(16-6-8-18(22)9-7-16)24-21(25-20)17-5-2-10-23-13-17/h2,5-10,12-13,15H,3-4,11,14H2,1H3. The molecule has 1 aliphatic heterocycles. The van der Waals surface area contributed by atoms with Crippen LogP contribution in [0.25, 0.3) is 22.6 Å². The van der Waals surface area contributed by atoms with Gasteiger partial charge in [0.05, 0.1) is 5.69 Å². The molecule has 1 aliphatic rings. The van der Waals surface area contributed by atoms with Crippen molar-refractivity contribution in [3.63, 3.8) is 0 Å². The monoisotopic (exact) mass is 364 g/mol. The SMILES string of the molecule is CC1CCCN(c2cc(-c3ccc(Cl)cc3)nc(-c3cccnc3)n2)C1. The number of piperidine rings is 1. The number of halogens is 1. The Balaban J connectivity index is 1.80. The Hall–Kier alpha value is -2.46. The quantitative estimate of drug-likeness (QED) is 0.648. The van der Waals surface area contributed by atoms with Gasteiger partial charge in [0.25, 0.3) is 0 Å². The van der Waals surface area contributed by atoms with Crippen molar-refractivity contribution in [2.75, 3.05) is 18.0 Å². The molecule has 0 amide bonds. The molecular formula is C21H21ClN4. The fourth-order valence-electron chi connectivity index (χ4n) is 3.39. The van der Waals surface area contributed by atoms with Crippen molar-refractivity contribution >= 4 is 17.4 Å². The van der Waals surface area contributed by atoms with Gasteiger partial charge in [-0.1, -0.05) is 30.7 Å². The minimum atomic E-state index is 0.680. The molecule has 3 aromatic rings. The van der Waals surface area contributed by atoms with Gasteiger partial charge in [-0.05, 0) is 43.0 Å². The Morgan fingerprint density at radius 2 is 1.92 bits per heavy atom. The number of aromatic nitrogens is 3. The maximum absolute atomic E-state index is 6.05. The van der Waals surface area contributed by atoms with Gasteiger partial charge in [0.15, 0.2) is 5.82 Å². The summed E-state index contributed by atoms with van der Waals surface area (Å²) in [6.45, 7) is 4.37. The molecule has 5 heteroatoms. The molecule has 2 aromatic heterocycles. The summed E-state index contributed by atoms with van der Waals surface area (Å²) >= 11 is 6.05. The molecule has 1 atom stereocenters. The van der Waals surface area contributed by atoms with Crippen molar-refractivity contribution in [2.24, 2.45) is 5.92 Å². The first kappa shape index (κ1) is 17.0. The zero-order chi connectivity index (χ0) is 17.9. The summed E-state index contributed by atoms with van der Waals surface area (Å²) in [6.07, 6.45) is 6.05. The van der Waals surface area contributed by atoms with Gasteiger partial charge >= 0.3 is 0 Å². The van der Waals surface area contributed by atoms with Crippen LogP contribution in [0.1, 0.15) is 19.8 Å². The van der Waals surface area contributed by atoms with Crippen molar-refractivity contribution in [1.82, 2.24) is 15.0 Å². The summed E-state index contributed by atoms with van der Waals surface area (Å²) in [4.78, 5) is 16.2. The largest absolute Gasteiger partial charge is 0.356 e. The van der Waals surface area contributed by atoms with Crippen molar-refractivity contribution in [3.8, 4) is 22.6 Å². The van der Waals surface area contributed by atoms with Crippen LogP contribution in [0.2, 0.25) is 5.02 Å². The maximum atomic E-state index is 6.05. The number of hydrogen-bond acceptors (Lipinski definition) is 4. The zero-order valence-corrected chi connectivity index (χ0v) is 15.5. The molecule has 1 unspecified atom stereocenters. The van der Waals surface area contributed by atoms with Crippen molar-refractivity contribution in [3.05, 3.63) is 59.9 Å². The molecule has 0 radical (unpaired) electrons. The van der Waals surface area contributed by atoms with E-state index in [0.717, 1.165) is 40.8 Å². The topological polar surface area (TPSA) is 41.9 Å². The molecule has 26 heavy (non-hydrogen) atoms. The Labute approximate surface area is 158 Å². The molecule has 132 valence electrons. The Kier molecular flexibility index (Phi) is 4.85. The van der Waals surface area contributed by atoms with Crippen LogP contribution < -0.4 is 4.90 Å². The number of hydrogen-bond donors (Lipinski definition) is 0. The van der Waals surface area contributed by atoms with E-state index in [4.69, 9.17) is 21.6 Å². The van der Waals surface area contributed by atoms with E-state index < -0.39 is 0 Å². The maximum Gasteiger partial charge on any atom is 0.163 e. The lowest BCUT2D eigenvalue weighted by Gasteiger charge is -2.32. The lowest BCUT2D eigenvalue weighted by atomic mass is 10.0. The van der Waals surface area contributed by atoms with Gasteiger partial charge in [-0.25, -0.2) is 9.97 Å². The van der Waals surface area contributed by atoms with Gasteiger partial charge in [-0.15, -0.1) is 0 Å². The minimum Gasteiger partial charge on any atom is -0.356 e. The second-order valence-electron chi connectivity index (χ2n) is 6.88. The molecule has 0 aliphatic carbocycles. The van der Waals surface area contributed by atoms with E-state index in [9.17, 15) is 0 Å². The van der Waals surface area contributed by atoms with E-state index in [1.165, 1.54) is 12.8 Å². The molecule has 1 aromatic carbocycles. The average molecular weight is 365 g/mol. The second kappa shape index (κ2) is 7.42. The van der Waals surface area contributed by atoms with Crippen molar-refractivity contribution < 1.29 is 0 Å². The fraction of sp³-hybridized carbons (Fsp3) is 0.286. The number of pyridine rings is 1. The molecule has 0 spiro atoms. The normalized spacial score (nSPS) is 17.3. The van der Waals surface area contributed by atoms with Crippen LogP contribution >= 0.6 is 11.6 Å². The van der Waals surface area contributed by atoms with Gasteiger partial charge < -0.3 is 4.90 Å². The number of anilines is 1. The first-order valence-electron chi connectivity index (χ1n) is 8.99. The number of nitrogens with zero attached hydrogens (tertiary/aromatic N) is 4. The summed E-state index contributed by atoms with van der Waals surface area (Å²) in [5, 5.41) is 0.723. The van der Waals surface area contributed by atoms with Gasteiger partial charge in [-0.2, -0.15) is 0 Å². The van der Waals surface area contributed by atoms with Crippen LogP contribution in [-0.4, -0.2) is 28.0 Å². The van der Waals surface area contributed by atoms with E-state index in [1.54, 1.807) is 6.20 Å². The number of benzene rings is 1. The summed E-state index contributed by atoms with van der Waals surface area (Å²) in [6, 6.07) is 13.8. The molecule has 1 saturated heterocycles. The minimum absolute atomic E-state index is 0.680. The summed E-state index contributed by atoms with van der Waals surface area (Å²) in [7, 11) is 0. The zero-order valence-electron chi connectivity index (χ0n) is 14.8. The van der Waals surface area contributed by atoms with E-state index >= 15 is 0 Å². The lowest BCUT2D eigenvalue weighted by molar-refractivity contribution is 0.444. The van der Waals surface area contributed by atoms with Gasteiger partial charge in [-0.3, -0.25) is 4.98 Å². The Morgan fingerprint density at radius 3 is 2.65 bits per heavy atom. The Bertz CT molecular complexity index is 880.